The molecule has 2 aromatic carbocycles. The van der Waals surface area contributed by atoms with Crippen LogP contribution in [0.1, 0.15) is 25.3 Å². The Labute approximate surface area is 177 Å². The summed E-state index contributed by atoms with van der Waals surface area (Å²) in [4.78, 5) is 12.8. The number of hydrogen-bond donors (Lipinski definition) is 4. The lowest BCUT2D eigenvalue weighted by Gasteiger charge is -2.21. The number of aliphatic hydroxyl groups is 1. The van der Waals surface area contributed by atoms with Crippen LogP contribution < -0.4 is 16.2 Å². The van der Waals surface area contributed by atoms with Crippen LogP contribution in [0.5, 0.6) is 0 Å². The molecule has 0 radical (unpaired) electrons. The van der Waals surface area contributed by atoms with Crippen LogP contribution in [0, 0.1) is 5.92 Å². The van der Waals surface area contributed by atoms with Crippen molar-refractivity contribution in [2.75, 3.05) is 18.5 Å². The van der Waals surface area contributed by atoms with Crippen molar-refractivity contribution < 1.29 is 14.6 Å². The Morgan fingerprint density at radius 3 is 2.38 bits per heavy atom. The van der Waals surface area contributed by atoms with Crippen molar-refractivity contribution >= 4 is 28.9 Å². The van der Waals surface area contributed by atoms with E-state index < -0.39 is 12.0 Å². The molecule has 0 fully saturated rings. The molecule has 1 amide bonds. The number of amides is 1. The quantitative estimate of drug-likeness (QED) is 0.271. The van der Waals surface area contributed by atoms with Crippen LogP contribution in [0.2, 0.25) is 0 Å². The molecule has 0 unspecified atom stereocenters. The average Bonchev–Trinajstić information content (AvgIpc) is 2.73. The summed E-state index contributed by atoms with van der Waals surface area (Å²) < 4.78 is 5.41. The van der Waals surface area contributed by atoms with Gasteiger partial charge in [-0.1, -0.05) is 55.5 Å². The molecule has 0 saturated heterocycles. The second-order valence-corrected chi connectivity index (χ2v) is 7.19. The fourth-order valence-electron chi connectivity index (χ4n) is 2.85. The topological polar surface area (TPSA) is 82.6 Å². The molecular weight excluding hydrogens is 386 g/mol. The number of ether oxygens (including phenoxy) is 1. The van der Waals surface area contributed by atoms with Gasteiger partial charge >= 0.3 is 0 Å². The second-order valence-electron chi connectivity index (χ2n) is 6.79. The van der Waals surface area contributed by atoms with Gasteiger partial charge in [0, 0.05) is 18.2 Å². The number of hydrogen-bond acceptors (Lipinski definition) is 4. The van der Waals surface area contributed by atoms with Crippen LogP contribution in [0.15, 0.2) is 60.7 Å². The number of para-hydroxylation sites is 1. The van der Waals surface area contributed by atoms with E-state index in [1.807, 2.05) is 67.6 Å². The molecule has 156 valence electrons. The van der Waals surface area contributed by atoms with Crippen molar-refractivity contribution in [2.24, 2.45) is 5.92 Å². The molecule has 0 saturated carbocycles. The Balaban J connectivity index is 1.91. The number of thiocarbonyl (C=S) groups is 1. The number of benzene rings is 2. The summed E-state index contributed by atoms with van der Waals surface area (Å²) in [6.45, 7) is 2.82. The Kier molecular flexibility index (Phi) is 10.1. The fourth-order valence-corrected chi connectivity index (χ4v) is 3.01. The molecule has 0 heterocycles. The van der Waals surface area contributed by atoms with Gasteiger partial charge in [0.1, 0.15) is 0 Å². The molecular formula is C22H29N3O3S. The van der Waals surface area contributed by atoms with Gasteiger partial charge in [0.25, 0.3) is 0 Å². The predicted octanol–water partition coefficient (Wildman–Crippen LogP) is 3.04. The normalized spacial score (nSPS) is 12.6. The molecule has 4 N–H and O–H groups in total. The van der Waals surface area contributed by atoms with E-state index in [-0.39, 0.29) is 17.6 Å². The van der Waals surface area contributed by atoms with E-state index in [1.165, 1.54) is 0 Å². The first-order valence-corrected chi connectivity index (χ1v) is 10.2. The molecule has 0 aliphatic heterocycles. The molecule has 0 aromatic heterocycles. The lowest BCUT2D eigenvalue weighted by Crippen LogP contribution is -2.47. The fraction of sp³-hybridized carbons (Fsp3) is 0.364. The number of rotatable bonds is 10. The van der Waals surface area contributed by atoms with Crippen LogP contribution in [-0.2, 0) is 16.0 Å². The van der Waals surface area contributed by atoms with Crippen molar-refractivity contribution in [3.63, 3.8) is 0 Å². The third-order valence-corrected chi connectivity index (χ3v) is 4.45. The van der Waals surface area contributed by atoms with E-state index in [0.717, 1.165) is 17.7 Å². The maximum Gasteiger partial charge on any atom is 0.241 e. The minimum Gasteiger partial charge on any atom is -0.391 e. The Bertz CT molecular complexity index is 743. The lowest BCUT2D eigenvalue weighted by molar-refractivity contribution is -0.127. The Morgan fingerprint density at radius 2 is 1.72 bits per heavy atom. The highest BCUT2D eigenvalue weighted by molar-refractivity contribution is 7.80. The number of carbonyl (C=O) groups is 1. The molecule has 2 atom stereocenters. The SMILES string of the molecule is CCCOC[C@H](O)C[C@H](Cc1ccccc1)C(=O)NNC(=S)Nc1ccccc1. The van der Waals surface area contributed by atoms with Gasteiger partial charge in [-0.3, -0.25) is 15.6 Å². The summed E-state index contributed by atoms with van der Waals surface area (Å²) in [6, 6.07) is 19.2. The monoisotopic (exact) mass is 415 g/mol. The minimum absolute atomic E-state index is 0.216. The van der Waals surface area contributed by atoms with Crippen LogP contribution in [0.3, 0.4) is 0 Å². The molecule has 0 aliphatic rings. The lowest BCUT2D eigenvalue weighted by atomic mass is 9.93. The molecule has 2 rings (SSSR count). The van der Waals surface area contributed by atoms with E-state index in [0.29, 0.717) is 19.4 Å². The molecule has 0 bridgehead atoms. The first-order chi connectivity index (χ1) is 14.1. The standard InChI is InChI=1S/C22H29N3O3S/c1-2-13-28-16-20(26)15-18(14-17-9-5-3-6-10-17)21(27)24-25-22(29)23-19-11-7-4-8-12-19/h3-12,18,20,26H,2,13-16H2,1H3,(H,24,27)(H2,23,25,29)/t18-,20+/m0/s1. The van der Waals surface area contributed by atoms with Crippen molar-refractivity contribution in [1.29, 1.82) is 0 Å². The zero-order valence-electron chi connectivity index (χ0n) is 16.6. The molecule has 6 nitrogen and oxygen atoms in total. The van der Waals surface area contributed by atoms with Crippen molar-refractivity contribution in [1.82, 2.24) is 10.9 Å². The van der Waals surface area contributed by atoms with Gasteiger partial charge < -0.3 is 15.2 Å². The number of nitrogens with one attached hydrogen (secondary N) is 3. The summed E-state index contributed by atoms with van der Waals surface area (Å²) in [7, 11) is 0. The third-order valence-electron chi connectivity index (χ3n) is 4.24. The van der Waals surface area contributed by atoms with Gasteiger partial charge in [-0.2, -0.15) is 0 Å². The van der Waals surface area contributed by atoms with Crippen molar-refractivity contribution in [2.45, 2.75) is 32.3 Å². The first-order valence-electron chi connectivity index (χ1n) is 9.80. The largest absolute Gasteiger partial charge is 0.391 e. The van der Waals surface area contributed by atoms with E-state index in [9.17, 15) is 9.90 Å². The van der Waals surface area contributed by atoms with Gasteiger partial charge in [-0.15, -0.1) is 0 Å². The molecule has 2 aromatic rings. The zero-order valence-corrected chi connectivity index (χ0v) is 17.5. The highest BCUT2D eigenvalue weighted by Crippen LogP contribution is 2.15. The maximum atomic E-state index is 12.8. The zero-order chi connectivity index (χ0) is 20.9. The maximum absolute atomic E-state index is 12.8. The minimum atomic E-state index is -0.713. The van der Waals surface area contributed by atoms with Crippen molar-refractivity contribution in [3.05, 3.63) is 66.2 Å². The molecule has 29 heavy (non-hydrogen) atoms. The summed E-state index contributed by atoms with van der Waals surface area (Å²) in [6.07, 6.45) is 0.981. The highest BCUT2D eigenvalue weighted by atomic mass is 32.1. The van der Waals surface area contributed by atoms with E-state index in [4.69, 9.17) is 17.0 Å². The van der Waals surface area contributed by atoms with Crippen LogP contribution >= 0.6 is 12.2 Å². The number of anilines is 1. The van der Waals surface area contributed by atoms with Gasteiger partial charge in [0.15, 0.2) is 5.11 Å². The number of hydrazine groups is 1. The molecule has 0 spiro atoms. The first kappa shape index (κ1) is 22.8. The van der Waals surface area contributed by atoms with Crippen molar-refractivity contribution in [3.8, 4) is 0 Å². The van der Waals surface area contributed by atoms with Crippen LogP contribution in [-0.4, -0.2) is 35.4 Å². The van der Waals surface area contributed by atoms with Crippen LogP contribution in [0.4, 0.5) is 5.69 Å². The number of carbonyl (C=O) groups excluding carboxylic acids is 1. The summed E-state index contributed by atoms with van der Waals surface area (Å²) >= 11 is 5.22. The van der Waals surface area contributed by atoms with Crippen LogP contribution in [0.25, 0.3) is 0 Å². The smallest absolute Gasteiger partial charge is 0.241 e. The molecule has 7 heteroatoms. The summed E-state index contributed by atoms with van der Waals surface area (Å²) in [5.41, 5.74) is 7.23. The predicted molar refractivity (Wildman–Crippen MR) is 119 cm³/mol. The Morgan fingerprint density at radius 1 is 1.07 bits per heavy atom. The van der Waals surface area contributed by atoms with Gasteiger partial charge in [-0.25, -0.2) is 0 Å². The molecule has 0 aliphatic carbocycles. The Hall–Kier alpha value is -2.48. The summed E-state index contributed by atoms with van der Waals surface area (Å²) in [5.74, 6) is -0.662. The van der Waals surface area contributed by atoms with Gasteiger partial charge in [-0.05, 0) is 49.2 Å². The number of aliphatic hydroxyl groups excluding tert-OH is 1. The van der Waals surface area contributed by atoms with E-state index in [2.05, 4.69) is 16.2 Å². The summed E-state index contributed by atoms with van der Waals surface area (Å²) in [5, 5.41) is 13.6. The van der Waals surface area contributed by atoms with Gasteiger partial charge in [0.05, 0.1) is 12.7 Å². The highest BCUT2D eigenvalue weighted by Gasteiger charge is 2.23. The van der Waals surface area contributed by atoms with Gasteiger partial charge in [0.2, 0.25) is 5.91 Å². The second kappa shape index (κ2) is 12.9. The van der Waals surface area contributed by atoms with E-state index >= 15 is 0 Å². The third kappa shape index (κ3) is 9.04. The average molecular weight is 416 g/mol. The van der Waals surface area contributed by atoms with E-state index in [1.54, 1.807) is 0 Å².